The third-order valence-corrected chi connectivity index (χ3v) is 2.98. The summed E-state index contributed by atoms with van der Waals surface area (Å²) in [4.78, 5) is 0. The summed E-state index contributed by atoms with van der Waals surface area (Å²) in [5.74, 6) is 0. The van der Waals surface area contributed by atoms with Gasteiger partial charge in [-0.2, -0.15) is 0 Å². The van der Waals surface area contributed by atoms with Gasteiger partial charge in [-0.25, -0.2) is 0 Å². The molecule has 1 aromatic rings. The highest BCUT2D eigenvalue weighted by atomic mass is 79.9. The van der Waals surface area contributed by atoms with Gasteiger partial charge in [0.25, 0.3) is 0 Å². The lowest BCUT2D eigenvalue weighted by Gasteiger charge is -2.25. The molecule has 0 saturated carbocycles. The smallest absolute Gasteiger partial charge is 0.0210 e. The number of rotatable bonds is 5. The predicted molar refractivity (Wildman–Crippen MR) is 68.7 cm³/mol. The van der Waals surface area contributed by atoms with E-state index in [9.17, 15) is 0 Å². The SMILES string of the molecule is CC(C)(CCN)NCc1ccc(Br)cc1. The highest BCUT2D eigenvalue weighted by Crippen LogP contribution is 2.12. The van der Waals surface area contributed by atoms with E-state index in [2.05, 4.69) is 59.4 Å². The molecule has 0 aliphatic rings. The van der Waals surface area contributed by atoms with Crippen LogP contribution in [0.2, 0.25) is 0 Å². The Bertz CT molecular complexity index is 293. The molecule has 0 unspecified atom stereocenters. The normalized spacial score (nSPS) is 11.7. The first-order valence-corrected chi connectivity index (χ1v) is 6.02. The molecule has 0 saturated heterocycles. The maximum absolute atomic E-state index is 5.56. The molecule has 84 valence electrons. The van der Waals surface area contributed by atoms with Crippen molar-refractivity contribution < 1.29 is 0 Å². The molecule has 0 atom stereocenters. The molecule has 1 rings (SSSR count). The highest BCUT2D eigenvalue weighted by Gasteiger charge is 2.14. The maximum atomic E-state index is 5.56. The fourth-order valence-electron chi connectivity index (χ4n) is 1.39. The van der Waals surface area contributed by atoms with Crippen molar-refractivity contribution in [2.45, 2.75) is 32.4 Å². The Morgan fingerprint density at radius 2 is 1.87 bits per heavy atom. The van der Waals surface area contributed by atoms with Crippen LogP contribution in [0.15, 0.2) is 28.7 Å². The fraction of sp³-hybridized carbons (Fsp3) is 0.500. The van der Waals surface area contributed by atoms with E-state index in [1.54, 1.807) is 0 Å². The molecule has 0 amide bonds. The standard InChI is InChI=1S/C12H19BrN2/c1-12(2,7-8-14)15-9-10-3-5-11(13)6-4-10/h3-6,15H,7-9,14H2,1-2H3. The van der Waals surface area contributed by atoms with Crippen LogP contribution in [0.3, 0.4) is 0 Å². The summed E-state index contributed by atoms with van der Waals surface area (Å²) in [6.07, 6.45) is 0.990. The second-order valence-corrected chi connectivity index (χ2v) is 5.32. The Morgan fingerprint density at radius 1 is 1.27 bits per heavy atom. The average molecular weight is 271 g/mol. The molecule has 3 heteroatoms. The van der Waals surface area contributed by atoms with E-state index in [1.807, 2.05) is 0 Å². The molecular formula is C12H19BrN2. The van der Waals surface area contributed by atoms with Crippen molar-refractivity contribution in [3.05, 3.63) is 34.3 Å². The van der Waals surface area contributed by atoms with Gasteiger partial charge in [0.15, 0.2) is 0 Å². The van der Waals surface area contributed by atoms with Crippen molar-refractivity contribution >= 4 is 15.9 Å². The van der Waals surface area contributed by atoms with Gasteiger partial charge in [-0.15, -0.1) is 0 Å². The lowest BCUT2D eigenvalue weighted by molar-refractivity contribution is 0.365. The lowest BCUT2D eigenvalue weighted by Crippen LogP contribution is -2.40. The zero-order valence-electron chi connectivity index (χ0n) is 9.39. The Kier molecular flexibility index (Phi) is 4.77. The van der Waals surface area contributed by atoms with Crippen LogP contribution in [0, 0.1) is 0 Å². The van der Waals surface area contributed by atoms with Crippen LogP contribution in [0.25, 0.3) is 0 Å². The number of nitrogens with two attached hydrogens (primary N) is 1. The van der Waals surface area contributed by atoms with Crippen LogP contribution in [-0.2, 0) is 6.54 Å². The lowest BCUT2D eigenvalue weighted by atomic mass is 10.0. The maximum Gasteiger partial charge on any atom is 0.0210 e. The Balaban J connectivity index is 2.46. The Labute approximate surface area is 100 Å². The van der Waals surface area contributed by atoms with E-state index in [0.29, 0.717) is 0 Å². The highest BCUT2D eigenvalue weighted by molar-refractivity contribution is 9.10. The fourth-order valence-corrected chi connectivity index (χ4v) is 1.66. The molecule has 0 aromatic heterocycles. The van der Waals surface area contributed by atoms with Crippen molar-refractivity contribution in [3.63, 3.8) is 0 Å². The zero-order valence-corrected chi connectivity index (χ0v) is 11.0. The molecule has 15 heavy (non-hydrogen) atoms. The molecule has 0 spiro atoms. The van der Waals surface area contributed by atoms with Crippen LogP contribution in [0.5, 0.6) is 0 Å². The number of nitrogens with one attached hydrogen (secondary N) is 1. The molecule has 0 fully saturated rings. The van der Waals surface area contributed by atoms with E-state index >= 15 is 0 Å². The largest absolute Gasteiger partial charge is 0.330 e. The first-order chi connectivity index (χ1) is 7.03. The molecule has 2 nitrogen and oxygen atoms in total. The summed E-state index contributed by atoms with van der Waals surface area (Å²) < 4.78 is 1.12. The van der Waals surface area contributed by atoms with Crippen LogP contribution in [-0.4, -0.2) is 12.1 Å². The summed E-state index contributed by atoms with van der Waals surface area (Å²) in [5, 5.41) is 3.50. The Hall–Kier alpha value is -0.380. The van der Waals surface area contributed by atoms with Crippen molar-refractivity contribution in [1.29, 1.82) is 0 Å². The second-order valence-electron chi connectivity index (χ2n) is 4.40. The van der Waals surface area contributed by atoms with Crippen LogP contribution in [0.4, 0.5) is 0 Å². The van der Waals surface area contributed by atoms with Gasteiger partial charge in [0, 0.05) is 16.6 Å². The molecule has 1 aromatic carbocycles. The van der Waals surface area contributed by atoms with E-state index < -0.39 is 0 Å². The molecular weight excluding hydrogens is 252 g/mol. The van der Waals surface area contributed by atoms with Crippen molar-refractivity contribution in [3.8, 4) is 0 Å². The quantitative estimate of drug-likeness (QED) is 0.864. The van der Waals surface area contributed by atoms with Crippen LogP contribution < -0.4 is 11.1 Å². The second kappa shape index (κ2) is 5.64. The minimum absolute atomic E-state index is 0.113. The van der Waals surface area contributed by atoms with Crippen LogP contribution >= 0.6 is 15.9 Å². The minimum Gasteiger partial charge on any atom is -0.330 e. The third-order valence-electron chi connectivity index (χ3n) is 2.45. The van der Waals surface area contributed by atoms with E-state index in [-0.39, 0.29) is 5.54 Å². The number of hydrogen-bond acceptors (Lipinski definition) is 2. The topological polar surface area (TPSA) is 38.0 Å². The summed E-state index contributed by atoms with van der Waals surface area (Å²) in [7, 11) is 0. The molecule has 0 aliphatic heterocycles. The van der Waals surface area contributed by atoms with Gasteiger partial charge in [-0.3, -0.25) is 0 Å². The number of halogens is 1. The van der Waals surface area contributed by atoms with Gasteiger partial charge in [-0.1, -0.05) is 28.1 Å². The molecule has 0 bridgehead atoms. The van der Waals surface area contributed by atoms with Crippen molar-refractivity contribution in [1.82, 2.24) is 5.32 Å². The summed E-state index contributed by atoms with van der Waals surface area (Å²) in [5.41, 5.74) is 6.96. The number of hydrogen-bond donors (Lipinski definition) is 2. The van der Waals surface area contributed by atoms with E-state index in [4.69, 9.17) is 5.73 Å². The first-order valence-electron chi connectivity index (χ1n) is 5.23. The summed E-state index contributed by atoms with van der Waals surface area (Å²) >= 11 is 3.42. The minimum atomic E-state index is 0.113. The summed E-state index contributed by atoms with van der Waals surface area (Å²) in [6, 6.07) is 8.37. The first kappa shape index (κ1) is 12.7. The van der Waals surface area contributed by atoms with Crippen LogP contribution in [0.1, 0.15) is 25.8 Å². The number of benzene rings is 1. The van der Waals surface area contributed by atoms with Gasteiger partial charge in [-0.05, 0) is 44.5 Å². The molecule has 0 radical (unpaired) electrons. The monoisotopic (exact) mass is 270 g/mol. The van der Waals surface area contributed by atoms with E-state index in [0.717, 1.165) is 24.0 Å². The van der Waals surface area contributed by atoms with E-state index in [1.165, 1.54) is 5.56 Å². The average Bonchev–Trinajstić information content (AvgIpc) is 2.17. The van der Waals surface area contributed by atoms with Crippen molar-refractivity contribution in [2.75, 3.05) is 6.54 Å². The molecule has 0 aliphatic carbocycles. The Morgan fingerprint density at radius 3 is 2.40 bits per heavy atom. The van der Waals surface area contributed by atoms with Crippen molar-refractivity contribution in [2.24, 2.45) is 5.73 Å². The van der Waals surface area contributed by atoms with Gasteiger partial charge in [0.05, 0.1) is 0 Å². The summed E-state index contributed by atoms with van der Waals surface area (Å²) in [6.45, 7) is 5.97. The third kappa shape index (κ3) is 4.78. The van der Waals surface area contributed by atoms with Gasteiger partial charge < -0.3 is 11.1 Å². The zero-order chi connectivity index (χ0) is 11.3. The van der Waals surface area contributed by atoms with Gasteiger partial charge in [0.2, 0.25) is 0 Å². The predicted octanol–water partition coefficient (Wildman–Crippen LogP) is 2.67. The molecule has 0 heterocycles. The molecule has 3 N–H and O–H groups in total. The van der Waals surface area contributed by atoms with Gasteiger partial charge >= 0.3 is 0 Å². The van der Waals surface area contributed by atoms with Gasteiger partial charge in [0.1, 0.15) is 0 Å².